The number of halogens is 1. The van der Waals surface area contributed by atoms with E-state index >= 15 is 0 Å². The van der Waals surface area contributed by atoms with Gasteiger partial charge in [-0.3, -0.25) is 4.79 Å². The van der Waals surface area contributed by atoms with Crippen LogP contribution in [0.15, 0.2) is 45.8 Å². The first kappa shape index (κ1) is 14.7. The van der Waals surface area contributed by atoms with Crippen LogP contribution in [-0.2, 0) is 12.8 Å². The molecule has 1 aliphatic heterocycles. The number of Topliss-reactive ketones (excluding diaryl/α,β-unsaturated/α-hetero) is 1. The fraction of sp³-hybridized carbons (Fsp3) is 0.235. The predicted octanol–water partition coefficient (Wildman–Crippen LogP) is 4.53. The largest absolute Gasteiger partial charge is 0.493 e. The molecule has 108 valence electrons. The topological polar surface area (TPSA) is 26.3 Å². The lowest BCUT2D eigenvalue weighted by Gasteiger charge is -2.10. The lowest BCUT2D eigenvalue weighted by molar-refractivity contribution is 0.0989. The van der Waals surface area contributed by atoms with Crippen LogP contribution in [0.3, 0.4) is 0 Å². The standard InChI is InChI=1S/C17H15BrO2S/c1-21-16-5-3-2-4-14(16)15(19)10-12-9-13(18)8-11-6-7-20-17(11)12/h2-5,8-9H,6-7,10H2,1H3. The Morgan fingerprint density at radius 1 is 1.33 bits per heavy atom. The first-order chi connectivity index (χ1) is 10.2. The molecule has 0 N–H and O–H groups in total. The molecule has 0 fully saturated rings. The molecule has 4 heteroatoms. The van der Waals surface area contributed by atoms with Crippen LogP contribution < -0.4 is 4.74 Å². The zero-order chi connectivity index (χ0) is 14.8. The van der Waals surface area contributed by atoms with E-state index in [-0.39, 0.29) is 5.78 Å². The zero-order valence-electron chi connectivity index (χ0n) is 11.7. The van der Waals surface area contributed by atoms with Gasteiger partial charge < -0.3 is 4.74 Å². The maximum Gasteiger partial charge on any atom is 0.168 e. The smallest absolute Gasteiger partial charge is 0.168 e. The molecule has 2 nitrogen and oxygen atoms in total. The minimum atomic E-state index is 0.135. The highest BCUT2D eigenvalue weighted by molar-refractivity contribution is 9.10. The molecule has 0 unspecified atom stereocenters. The number of thioether (sulfide) groups is 1. The van der Waals surface area contributed by atoms with Crippen molar-refractivity contribution in [1.82, 2.24) is 0 Å². The van der Waals surface area contributed by atoms with Gasteiger partial charge in [0.1, 0.15) is 5.75 Å². The van der Waals surface area contributed by atoms with E-state index in [2.05, 4.69) is 22.0 Å². The highest BCUT2D eigenvalue weighted by Crippen LogP contribution is 2.34. The van der Waals surface area contributed by atoms with Crippen molar-refractivity contribution in [2.75, 3.05) is 12.9 Å². The van der Waals surface area contributed by atoms with Crippen LogP contribution in [-0.4, -0.2) is 18.6 Å². The van der Waals surface area contributed by atoms with Crippen LogP contribution in [0.5, 0.6) is 5.75 Å². The van der Waals surface area contributed by atoms with Crippen molar-refractivity contribution < 1.29 is 9.53 Å². The second-order valence-electron chi connectivity index (χ2n) is 4.95. The van der Waals surface area contributed by atoms with Crippen LogP contribution in [0.2, 0.25) is 0 Å². The zero-order valence-corrected chi connectivity index (χ0v) is 14.1. The third-order valence-corrected chi connectivity index (χ3v) is 4.84. The Morgan fingerprint density at radius 3 is 2.95 bits per heavy atom. The van der Waals surface area contributed by atoms with Gasteiger partial charge in [0.2, 0.25) is 0 Å². The summed E-state index contributed by atoms with van der Waals surface area (Å²) in [6, 6.07) is 11.8. The van der Waals surface area contributed by atoms with Gasteiger partial charge >= 0.3 is 0 Å². The molecule has 0 aromatic heterocycles. The van der Waals surface area contributed by atoms with Crippen LogP contribution in [0, 0.1) is 0 Å². The summed E-state index contributed by atoms with van der Waals surface area (Å²) in [7, 11) is 0. The summed E-state index contributed by atoms with van der Waals surface area (Å²) in [6.07, 6.45) is 3.28. The fourth-order valence-corrected chi connectivity index (χ4v) is 3.79. The Hall–Kier alpha value is -1.26. The SMILES string of the molecule is CSc1ccccc1C(=O)Cc1cc(Br)cc2c1OCC2. The van der Waals surface area contributed by atoms with Gasteiger partial charge in [-0.25, -0.2) is 0 Å². The Kier molecular flexibility index (Phi) is 4.36. The Morgan fingerprint density at radius 2 is 2.14 bits per heavy atom. The minimum Gasteiger partial charge on any atom is -0.493 e. The van der Waals surface area contributed by atoms with Gasteiger partial charge in [0, 0.05) is 33.3 Å². The van der Waals surface area contributed by atoms with E-state index < -0.39 is 0 Å². The van der Waals surface area contributed by atoms with Crippen molar-refractivity contribution >= 4 is 33.5 Å². The van der Waals surface area contributed by atoms with Crippen molar-refractivity contribution in [3.8, 4) is 5.75 Å². The van der Waals surface area contributed by atoms with Gasteiger partial charge in [0.25, 0.3) is 0 Å². The van der Waals surface area contributed by atoms with Crippen molar-refractivity contribution in [3.05, 3.63) is 57.6 Å². The molecule has 0 radical (unpaired) electrons. The molecule has 1 heterocycles. The number of rotatable bonds is 4. The van der Waals surface area contributed by atoms with Crippen LogP contribution in [0.25, 0.3) is 0 Å². The summed E-state index contributed by atoms with van der Waals surface area (Å²) in [4.78, 5) is 13.6. The Bertz CT molecular complexity index is 697. The van der Waals surface area contributed by atoms with Crippen LogP contribution in [0.4, 0.5) is 0 Å². The summed E-state index contributed by atoms with van der Waals surface area (Å²) in [5, 5.41) is 0. The average molecular weight is 363 g/mol. The third kappa shape index (κ3) is 3.01. The average Bonchev–Trinajstić information content (AvgIpc) is 2.95. The molecule has 3 rings (SSSR count). The highest BCUT2D eigenvalue weighted by Gasteiger charge is 2.20. The van der Waals surface area contributed by atoms with Crippen molar-refractivity contribution in [1.29, 1.82) is 0 Å². The van der Waals surface area contributed by atoms with Gasteiger partial charge in [-0.2, -0.15) is 0 Å². The summed E-state index contributed by atoms with van der Waals surface area (Å²) in [5.74, 6) is 1.03. The fourth-order valence-electron chi connectivity index (χ4n) is 2.62. The van der Waals surface area contributed by atoms with Crippen molar-refractivity contribution in [2.24, 2.45) is 0 Å². The van der Waals surface area contributed by atoms with E-state index in [4.69, 9.17) is 4.74 Å². The van der Waals surface area contributed by atoms with E-state index in [0.717, 1.165) is 32.7 Å². The number of fused-ring (bicyclic) bond motifs is 1. The van der Waals surface area contributed by atoms with Crippen molar-refractivity contribution in [3.63, 3.8) is 0 Å². The third-order valence-electron chi connectivity index (χ3n) is 3.58. The summed E-state index contributed by atoms with van der Waals surface area (Å²) in [6.45, 7) is 0.703. The maximum atomic E-state index is 12.6. The maximum absolute atomic E-state index is 12.6. The molecule has 0 saturated heterocycles. The quantitative estimate of drug-likeness (QED) is 0.590. The van der Waals surface area contributed by atoms with E-state index in [0.29, 0.717) is 13.0 Å². The van der Waals surface area contributed by atoms with E-state index in [9.17, 15) is 4.79 Å². The van der Waals surface area contributed by atoms with E-state index in [1.54, 1.807) is 11.8 Å². The van der Waals surface area contributed by atoms with Crippen LogP contribution >= 0.6 is 27.7 Å². The molecule has 2 aromatic carbocycles. The van der Waals surface area contributed by atoms with Gasteiger partial charge in [-0.05, 0) is 30.0 Å². The first-order valence-corrected chi connectivity index (χ1v) is 8.81. The van der Waals surface area contributed by atoms with Crippen LogP contribution in [0.1, 0.15) is 21.5 Å². The molecule has 0 amide bonds. The second-order valence-corrected chi connectivity index (χ2v) is 6.72. The highest BCUT2D eigenvalue weighted by atomic mass is 79.9. The molecule has 21 heavy (non-hydrogen) atoms. The predicted molar refractivity (Wildman–Crippen MR) is 89.6 cm³/mol. The van der Waals surface area contributed by atoms with Gasteiger partial charge in [-0.1, -0.05) is 34.1 Å². The van der Waals surface area contributed by atoms with Gasteiger partial charge in [0.15, 0.2) is 5.78 Å². The number of carbonyl (C=O) groups is 1. The molecular weight excluding hydrogens is 348 g/mol. The molecule has 0 bridgehead atoms. The number of hydrogen-bond donors (Lipinski definition) is 0. The van der Waals surface area contributed by atoms with Gasteiger partial charge in [0.05, 0.1) is 6.61 Å². The molecule has 0 atom stereocenters. The normalized spacial score (nSPS) is 12.9. The summed E-state index contributed by atoms with van der Waals surface area (Å²) >= 11 is 5.12. The lowest BCUT2D eigenvalue weighted by atomic mass is 10.00. The number of ether oxygens (including phenoxy) is 1. The summed E-state index contributed by atoms with van der Waals surface area (Å²) < 4.78 is 6.71. The number of carbonyl (C=O) groups excluding carboxylic acids is 1. The lowest BCUT2D eigenvalue weighted by Crippen LogP contribution is -2.06. The monoisotopic (exact) mass is 362 g/mol. The number of hydrogen-bond acceptors (Lipinski definition) is 3. The Labute approximate surface area is 137 Å². The minimum absolute atomic E-state index is 0.135. The molecule has 0 spiro atoms. The Balaban J connectivity index is 1.92. The van der Waals surface area contributed by atoms with Crippen molar-refractivity contribution in [2.45, 2.75) is 17.7 Å². The molecule has 2 aromatic rings. The number of benzene rings is 2. The first-order valence-electron chi connectivity index (χ1n) is 6.79. The molecule has 0 aliphatic carbocycles. The van der Waals surface area contributed by atoms with Gasteiger partial charge in [-0.15, -0.1) is 11.8 Å². The molecule has 1 aliphatic rings. The van der Waals surface area contributed by atoms with E-state index in [1.807, 2.05) is 36.6 Å². The molecular formula is C17H15BrO2S. The second kappa shape index (κ2) is 6.24. The number of ketones is 1. The van der Waals surface area contributed by atoms with E-state index in [1.165, 1.54) is 5.56 Å². The summed E-state index contributed by atoms with van der Waals surface area (Å²) in [5.41, 5.74) is 2.94. The molecule has 0 saturated carbocycles.